The van der Waals surface area contributed by atoms with Crippen LogP contribution in [0.2, 0.25) is 5.02 Å². The smallest absolute Gasteiger partial charge is 0.101 e. The molecule has 92 valence electrons. The van der Waals surface area contributed by atoms with Crippen LogP contribution in [0.25, 0.3) is 0 Å². The minimum atomic E-state index is -0.0316. The predicted octanol–water partition coefficient (Wildman–Crippen LogP) is 3.61. The predicted molar refractivity (Wildman–Crippen MR) is 75.8 cm³/mol. The second kappa shape index (κ2) is 5.10. The number of aryl methyl sites for hydroxylation is 1. The molecule has 0 spiro atoms. The zero-order valence-corrected chi connectivity index (χ0v) is 12.7. The second-order valence-electron chi connectivity index (χ2n) is 4.01. The van der Waals surface area contributed by atoms with Crippen LogP contribution in [-0.2, 0) is 0 Å². The molecular formula is C11H13BrClN3S. The van der Waals surface area contributed by atoms with E-state index in [0.29, 0.717) is 5.02 Å². The Morgan fingerprint density at radius 1 is 1.59 bits per heavy atom. The molecule has 0 amide bonds. The Bertz CT molecular complexity index is 501. The average molecular weight is 335 g/mol. The maximum absolute atomic E-state index is 6.06. The molecule has 2 unspecified atom stereocenters. The third kappa shape index (κ3) is 2.73. The van der Waals surface area contributed by atoms with E-state index in [1.807, 2.05) is 30.1 Å². The summed E-state index contributed by atoms with van der Waals surface area (Å²) in [6.45, 7) is 3.87. The van der Waals surface area contributed by atoms with E-state index in [0.717, 1.165) is 10.2 Å². The van der Waals surface area contributed by atoms with Gasteiger partial charge in [-0.2, -0.15) is 5.10 Å². The molecule has 0 saturated heterocycles. The molecule has 0 aromatic carbocycles. The zero-order chi connectivity index (χ0) is 12.6. The molecule has 2 atom stereocenters. The van der Waals surface area contributed by atoms with Gasteiger partial charge in [-0.25, -0.2) is 0 Å². The summed E-state index contributed by atoms with van der Waals surface area (Å²) >= 11 is 11.2. The number of hydrogen-bond donors (Lipinski definition) is 1. The van der Waals surface area contributed by atoms with Crippen LogP contribution in [0.1, 0.15) is 23.5 Å². The second-order valence-corrected chi connectivity index (χ2v) is 6.28. The fraction of sp³-hybridized carbons (Fsp3) is 0.364. The number of aromatic nitrogens is 2. The van der Waals surface area contributed by atoms with Crippen molar-refractivity contribution in [3.63, 3.8) is 0 Å². The van der Waals surface area contributed by atoms with Crippen molar-refractivity contribution < 1.29 is 0 Å². The summed E-state index contributed by atoms with van der Waals surface area (Å²) < 4.78 is 2.92. The lowest BCUT2D eigenvalue weighted by atomic mass is 10.1. The number of halogens is 2. The highest BCUT2D eigenvalue weighted by Crippen LogP contribution is 2.30. The molecular weight excluding hydrogens is 322 g/mol. The molecule has 2 heterocycles. The Kier molecular flexibility index (Phi) is 3.92. The van der Waals surface area contributed by atoms with Gasteiger partial charge < -0.3 is 5.73 Å². The minimum Gasteiger partial charge on any atom is -0.326 e. The van der Waals surface area contributed by atoms with E-state index in [2.05, 4.69) is 27.1 Å². The molecule has 0 radical (unpaired) electrons. The van der Waals surface area contributed by atoms with Gasteiger partial charge in [-0.05, 0) is 35.8 Å². The lowest BCUT2D eigenvalue weighted by Gasteiger charge is -2.19. The first-order valence-corrected chi connectivity index (χ1v) is 7.25. The van der Waals surface area contributed by atoms with E-state index in [1.54, 1.807) is 11.3 Å². The number of hydrogen-bond acceptors (Lipinski definition) is 3. The summed E-state index contributed by atoms with van der Waals surface area (Å²) in [5.74, 6) is 0. The first-order chi connectivity index (χ1) is 7.99. The van der Waals surface area contributed by atoms with Crippen molar-refractivity contribution >= 4 is 38.9 Å². The van der Waals surface area contributed by atoms with Gasteiger partial charge in [-0.3, -0.25) is 4.68 Å². The van der Waals surface area contributed by atoms with Crippen molar-refractivity contribution in [2.45, 2.75) is 25.9 Å². The van der Waals surface area contributed by atoms with Crippen LogP contribution in [0.15, 0.2) is 22.1 Å². The summed E-state index contributed by atoms with van der Waals surface area (Å²) in [7, 11) is 0. The highest BCUT2D eigenvalue weighted by molar-refractivity contribution is 9.10. The number of rotatable bonds is 3. The third-order valence-electron chi connectivity index (χ3n) is 2.52. The van der Waals surface area contributed by atoms with Gasteiger partial charge in [0.2, 0.25) is 0 Å². The largest absolute Gasteiger partial charge is 0.326 e. The number of nitrogens with two attached hydrogens (primary N) is 1. The Hall–Kier alpha value is -0.360. The molecule has 0 aliphatic carbocycles. The third-order valence-corrected chi connectivity index (χ3v) is 4.65. The molecule has 6 heteroatoms. The van der Waals surface area contributed by atoms with Crippen LogP contribution in [0.3, 0.4) is 0 Å². The monoisotopic (exact) mass is 333 g/mol. The maximum Gasteiger partial charge on any atom is 0.101 e. The van der Waals surface area contributed by atoms with Gasteiger partial charge in [0.1, 0.15) is 6.04 Å². The van der Waals surface area contributed by atoms with Crippen LogP contribution < -0.4 is 5.73 Å². The lowest BCUT2D eigenvalue weighted by Crippen LogP contribution is -2.30. The zero-order valence-electron chi connectivity index (χ0n) is 9.52. The van der Waals surface area contributed by atoms with E-state index in [4.69, 9.17) is 17.3 Å². The van der Waals surface area contributed by atoms with Crippen molar-refractivity contribution in [3.05, 3.63) is 37.7 Å². The van der Waals surface area contributed by atoms with Crippen molar-refractivity contribution in [2.75, 3.05) is 0 Å². The van der Waals surface area contributed by atoms with Gasteiger partial charge in [0.05, 0.1) is 10.7 Å². The van der Waals surface area contributed by atoms with Crippen LogP contribution in [0.4, 0.5) is 0 Å². The number of thiophene rings is 1. The summed E-state index contributed by atoms with van der Waals surface area (Å²) in [5.41, 5.74) is 6.88. The first-order valence-electron chi connectivity index (χ1n) is 5.20. The standard InChI is InChI=1S/C11H13BrClN3S/c1-6(14)11(10-3-8(12)5-17-10)16-4-9(13)7(2)15-16/h3-6,11H,14H2,1-2H3. The van der Waals surface area contributed by atoms with Crippen molar-refractivity contribution in [1.29, 1.82) is 0 Å². The Labute approximate surface area is 118 Å². The van der Waals surface area contributed by atoms with E-state index < -0.39 is 0 Å². The van der Waals surface area contributed by atoms with Gasteiger partial charge in [-0.1, -0.05) is 11.6 Å². The van der Waals surface area contributed by atoms with E-state index in [-0.39, 0.29) is 12.1 Å². The van der Waals surface area contributed by atoms with E-state index in [9.17, 15) is 0 Å². The molecule has 2 aromatic heterocycles. The van der Waals surface area contributed by atoms with Gasteiger partial charge in [0.15, 0.2) is 0 Å². The highest BCUT2D eigenvalue weighted by Gasteiger charge is 2.21. The highest BCUT2D eigenvalue weighted by atomic mass is 79.9. The quantitative estimate of drug-likeness (QED) is 0.932. The topological polar surface area (TPSA) is 43.8 Å². The van der Waals surface area contributed by atoms with E-state index >= 15 is 0 Å². The van der Waals surface area contributed by atoms with Gasteiger partial charge in [0, 0.05) is 27.0 Å². The summed E-state index contributed by atoms with van der Waals surface area (Å²) in [4.78, 5) is 1.17. The Balaban J connectivity index is 2.42. The average Bonchev–Trinajstić information content (AvgIpc) is 2.76. The lowest BCUT2D eigenvalue weighted by molar-refractivity contribution is 0.458. The van der Waals surface area contributed by atoms with Crippen LogP contribution >= 0.6 is 38.9 Å². The normalized spacial score (nSPS) is 14.9. The molecule has 3 nitrogen and oxygen atoms in total. The van der Waals surface area contributed by atoms with Crippen molar-refractivity contribution in [3.8, 4) is 0 Å². The Morgan fingerprint density at radius 2 is 2.29 bits per heavy atom. The summed E-state index contributed by atoms with van der Waals surface area (Å²) in [6, 6.07) is 2.07. The SMILES string of the molecule is Cc1nn(C(c2cc(Br)cs2)C(C)N)cc1Cl. The molecule has 2 N–H and O–H groups in total. The first kappa shape index (κ1) is 13.1. The minimum absolute atomic E-state index is 0.0255. The fourth-order valence-corrected chi connectivity index (χ4v) is 3.51. The molecule has 0 bridgehead atoms. The van der Waals surface area contributed by atoms with Crippen molar-refractivity contribution in [1.82, 2.24) is 9.78 Å². The van der Waals surface area contributed by atoms with Gasteiger partial charge >= 0.3 is 0 Å². The van der Waals surface area contributed by atoms with Crippen LogP contribution in [0.5, 0.6) is 0 Å². The molecule has 2 rings (SSSR count). The van der Waals surface area contributed by atoms with Crippen LogP contribution in [-0.4, -0.2) is 15.8 Å². The Morgan fingerprint density at radius 3 is 2.71 bits per heavy atom. The van der Waals surface area contributed by atoms with Crippen molar-refractivity contribution in [2.24, 2.45) is 5.73 Å². The van der Waals surface area contributed by atoms with E-state index in [1.165, 1.54) is 4.88 Å². The molecule has 0 saturated carbocycles. The summed E-state index contributed by atoms with van der Waals surface area (Å²) in [5, 5.41) is 7.13. The fourth-order valence-electron chi connectivity index (χ4n) is 1.72. The van der Waals surface area contributed by atoms with Gasteiger partial charge in [-0.15, -0.1) is 11.3 Å². The number of nitrogens with zero attached hydrogens (tertiary/aromatic N) is 2. The maximum atomic E-state index is 6.06. The molecule has 2 aromatic rings. The molecule has 17 heavy (non-hydrogen) atoms. The summed E-state index contributed by atoms with van der Waals surface area (Å²) in [6.07, 6.45) is 1.83. The molecule has 0 fully saturated rings. The molecule has 0 aliphatic rings. The van der Waals surface area contributed by atoms with Crippen LogP contribution in [0, 0.1) is 6.92 Å². The molecule has 0 aliphatic heterocycles. The van der Waals surface area contributed by atoms with Gasteiger partial charge in [0.25, 0.3) is 0 Å².